The van der Waals surface area contributed by atoms with Crippen molar-refractivity contribution in [3.8, 4) is 11.3 Å². The van der Waals surface area contributed by atoms with Crippen molar-refractivity contribution in [2.24, 2.45) is 0 Å². The molecule has 2 rings (SSSR count). The Morgan fingerprint density at radius 3 is 2.59 bits per heavy atom. The van der Waals surface area contributed by atoms with Gasteiger partial charge in [-0.05, 0) is 18.6 Å². The number of nitrogen functional groups attached to an aromatic ring is 1. The second-order valence-electron chi connectivity index (χ2n) is 3.48. The highest BCUT2D eigenvalue weighted by Crippen LogP contribution is 2.31. The summed E-state index contributed by atoms with van der Waals surface area (Å²) in [4.78, 5) is 7.46. The molecule has 88 valence electrons. The van der Waals surface area contributed by atoms with Gasteiger partial charge < -0.3 is 5.73 Å². The fourth-order valence-corrected chi connectivity index (χ4v) is 1.60. The van der Waals surface area contributed by atoms with Crippen LogP contribution in [0.5, 0.6) is 0 Å². The number of aromatic nitrogens is 2. The predicted molar refractivity (Wildman–Crippen MR) is 61.5 cm³/mol. The summed E-state index contributed by atoms with van der Waals surface area (Å²) in [6.07, 6.45) is 1.15. The first-order chi connectivity index (χ1) is 8.02. The van der Waals surface area contributed by atoms with Crippen molar-refractivity contribution in [3.05, 3.63) is 40.7 Å². The number of aryl methyl sites for hydroxylation is 1. The molecule has 0 saturated carbocycles. The van der Waals surface area contributed by atoms with E-state index in [1.165, 1.54) is 19.1 Å². The van der Waals surface area contributed by atoms with Crippen molar-refractivity contribution in [2.45, 2.75) is 6.92 Å². The van der Waals surface area contributed by atoms with Crippen LogP contribution in [0.15, 0.2) is 18.5 Å². The third kappa shape index (κ3) is 1.93. The number of nitrogens with two attached hydrogens (primary N) is 1. The molecule has 0 fully saturated rings. The van der Waals surface area contributed by atoms with Gasteiger partial charge in [0, 0.05) is 5.56 Å². The normalized spacial score (nSPS) is 10.6. The van der Waals surface area contributed by atoms with E-state index in [1.54, 1.807) is 0 Å². The maximum atomic E-state index is 13.7. The van der Waals surface area contributed by atoms with Crippen LogP contribution >= 0.6 is 11.6 Å². The quantitative estimate of drug-likeness (QED) is 0.852. The van der Waals surface area contributed by atoms with Gasteiger partial charge in [0.15, 0.2) is 11.6 Å². The Hall–Kier alpha value is -1.75. The van der Waals surface area contributed by atoms with Crippen LogP contribution in [0.3, 0.4) is 0 Å². The summed E-state index contributed by atoms with van der Waals surface area (Å²) in [7, 11) is 0. The van der Waals surface area contributed by atoms with Gasteiger partial charge in [0.2, 0.25) is 0 Å². The van der Waals surface area contributed by atoms with Gasteiger partial charge in [-0.1, -0.05) is 17.7 Å². The Labute approximate surface area is 101 Å². The first-order valence-electron chi connectivity index (χ1n) is 4.73. The summed E-state index contributed by atoms with van der Waals surface area (Å²) in [5.41, 5.74) is 5.73. The Kier molecular flexibility index (Phi) is 2.93. The minimum Gasteiger partial charge on any atom is -0.382 e. The lowest BCUT2D eigenvalue weighted by Gasteiger charge is -2.07. The van der Waals surface area contributed by atoms with Crippen LogP contribution in [0.4, 0.5) is 14.6 Å². The average Bonchev–Trinajstić information content (AvgIpc) is 2.31. The van der Waals surface area contributed by atoms with Crippen molar-refractivity contribution in [3.63, 3.8) is 0 Å². The highest BCUT2D eigenvalue weighted by Gasteiger charge is 2.17. The minimum absolute atomic E-state index is 0.00894. The summed E-state index contributed by atoms with van der Waals surface area (Å²) in [6, 6.07) is 2.85. The van der Waals surface area contributed by atoms with E-state index >= 15 is 0 Å². The molecule has 0 saturated heterocycles. The molecule has 2 N–H and O–H groups in total. The molecule has 0 aliphatic heterocycles. The van der Waals surface area contributed by atoms with Crippen molar-refractivity contribution >= 4 is 17.4 Å². The SMILES string of the molecule is Cc1ccc(-c2ncnc(N)c2Cl)c(F)c1F. The molecule has 0 bridgehead atoms. The predicted octanol–water partition coefficient (Wildman–Crippen LogP) is 2.97. The van der Waals surface area contributed by atoms with E-state index in [9.17, 15) is 8.78 Å². The summed E-state index contributed by atoms with van der Waals surface area (Å²) >= 11 is 5.85. The standard InChI is InChI=1S/C11H8ClF2N3/c1-5-2-3-6(9(14)8(5)13)10-7(12)11(15)17-4-16-10/h2-4H,1H3,(H2,15,16,17). The lowest BCUT2D eigenvalue weighted by atomic mass is 10.1. The number of anilines is 1. The fourth-order valence-electron chi connectivity index (χ4n) is 1.40. The first kappa shape index (κ1) is 11.7. The second-order valence-corrected chi connectivity index (χ2v) is 3.86. The van der Waals surface area contributed by atoms with Crippen LogP contribution in [-0.2, 0) is 0 Å². The van der Waals surface area contributed by atoms with E-state index in [2.05, 4.69) is 9.97 Å². The van der Waals surface area contributed by atoms with E-state index < -0.39 is 11.6 Å². The molecule has 0 unspecified atom stereocenters. The largest absolute Gasteiger partial charge is 0.382 e. The van der Waals surface area contributed by atoms with Gasteiger partial charge in [0.05, 0.1) is 5.69 Å². The van der Waals surface area contributed by atoms with Crippen LogP contribution in [0.1, 0.15) is 5.56 Å². The third-order valence-corrected chi connectivity index (χ3v) is 2.72. The highest BCUT2D eigenvalue weighted by molar-refractivity contribution is 6.35. The maximum Gasteiger partial charge on any atom is 0.168 e. The third-order valence-electron chi connectivity index (χ3n) is 2.35. The molecule has 0 amide bonds. The van der Waals surface area contributed by atoms with Crippen molar-refractivity contribution in [1.29, 1.82) is 0 Å². The van der Waals surface area contributed by atoms with Crippen LogP contribution in [0.25, 0.3) is 11.3 Å². The lowest BCUT2D eigenvalue weighted by molar-refractivity contribution is 0.505. The smallest absolute Gasteiger partial charge is 0.168 e. The number of hydrogen-bond acceptors (Lipinski definition) is 3. The highest BCUT2D eigenvalue weighted by atomic mass is 35.5. The molecule has 6 heteroatoms. The molecule has 0 aliphatic rings. The van der Waals surface area contributed by atoms with E-state index in [1.807, 2.05) is 0 Å². The fraction of sp³-hybridized carbons (Fsp3) is 0.0909. The van der Waals surface area contributed by atoms with Crippen LogP contribution in [0, 0.1) is 18.6 Å². The van der Waals surface area contributed by atoms with Crippen molar-refractivity contribution < 1.29 is 8.78 Å². The summed E-state index contributed by atoms with van der Waals surface area (Å²) in [6.45, 7) is 1.47. The van der Waals surface area contributed by atoms with E-state index in [0.717, 1.165) is 6.33 Å². The average molecular weight is 256 g/mol. The topological polar surface area (TPSA) is 51.8 Å². The zero-order valence-electron chi connectivity index (χ0n) is 8.84. The Bertz CT molecular complexity index is 587. The minimum atomic E-state index is -0.995. The van der Waals surface area contributed by atoms with Crippen LogP contribution in [-0.4, -0.2) is 9.97 Å². The van der Waals surface area contributed by atoms with Gasteiger partial charge in [-0.25, -0.2) is 18.7 Å². The van der Waals surface area contributed by atoms with Gasteiger partial charge in [0.1, 0.15) is 17.2 Å². The monoisotopic (exact) mass is 255 g/mol. The molecule has 2 aromatic rings. The van der Waals surface area contributed by atoms with Crippen LogP contribution in [0.2, 0.25) is 5.02 Å². The molecular weight excluding hydrogens is 248 g/mol. The Morgan fingerprint density at radius 1 is 1.18 bits per heavy atom. The maximum absolute atomic E-state index is 13.7. The van der Waals surface area contributed by atoms with Gasteiger partial charge in [-0.15, -0.1) is 0 Å². The van der Waals surface area contributed by atoms with E-state index in [-0.39, 0.29) is 27.7 Å². The molecule has 17 heavy (non-hydrogen) atoms. The second kappa shape index (κ2) is 4.25. The summed E-state index contributed by atoms with van der Waals surface area (Å²) < 4.78 is 27.1. The van der Waals surface area contributed by atoms with Gasteiger partial charge >= 0.3 is 0 Å². The number of benzene rings is 1. The molecule has 1 aromatic heterocycles. The van der Waals surface area contributed by atoms with Crippen molar-refractivity contribution in [1.82, 2.24) is 9.97 Å². The molecule has 0 aliphatic carbocycles. The number of hydrogen-bond donors (Lipinski definition) is 1. The van der Waals surface area contributed by atoms with E-state index in [0.29, 0.717) is 0 Å². The number of nitrogens with zero attached hydrogens (tertiary/aromatic N) is 2. The Balaban J connectivity index is 2.69. The number of rotatable bonds is 1. The van der Waals surface area contributed by atoms with Gasteiger partial charge in [0.25, 0.3) is 0 Å². The zero-order valence-corrected chi connectivity index (χ0v) is 9.59. The molecule has 3 nitrogen and oxygen atoms in total. The molecule has 1 aromatic carbocycles. The summed E-state index contributed by atoms with van der Waals surface area (Å²) in [5, 5.41) is 0.00894. The zero-order chi connectivity index (χ0) is 12.6. The number of halogens is 3. The van der Waals surface area contributed by atoms with Crippen LogP contribution < -0.4 is 5.73 Å². The lowest BCUT2D eigenvalue weighted by Crippen LogP contribution is -1.99. The molecular formula is C11H8ClF2N3. The first-order valence-corrected chi connectivity index (χ1v) is 5.11. The molecule has 0 spiro atoms. The van der Waals surface area contributed by atoms with E-state index in [4.69, 9.17) is 17.3 Å². The molecule has 1 heterocycles. The molecule has 0 atom stereocenters. The Morgan fingerprint density at radius 2 is 1.88 bits per heavy atom. The van der Waals surface area contributed by atoms with Crippen molar-refractivity contribution in [2.75, 3.05) is 5.73 Å². The molecule has 0 radical (unpaired) electrons. The summed E-state index contributed by atoms with van der Waals surface area (Å²) in [5.74, 6) is -1.89. The van der Waals surface area contributed by atoms with Gasteiger partial charge in [-0.2, -0.15) is 0 Å². The van der Waals surface area contributed by atoms with Gasteiger partial charge in [-0.3, -0.25) is 0 Å².